The molecule has 4 rings (SSSR count). The number of hydrogen-bond acceptors (Lipinski definition) is 7. The summed E-state index contributed by atoms with van der Waals surface area (Å²) < 4.78 is 11.2. The molecule has 8 nitrogen and oxygen atoms in total. The fourth-order valence-electron chi connectivity index (χ4n) is 4.88. The van der Waals surface area contributed by atoms with Crippen LogP contribution in [0.15, 0.2) is 89.0 Å². The van der Waals surface area contributed by atoms with Crippen LogP contribution in [0, 0.1) is 5.41 Å². The SMILES string of the molecule is C/C=C(\C)C(C)(C)C.CC.CC(C)(C)c1ccc(C=O)cc1.CCCCCCCOc1ccc(-c2nc(-c3ccc(CC(NC)C(=O)O)cc3)no2)cc1. The second-order valence-corrected chi connectivity index (χ2v) is 15.0. The van der Waals surface area contributed by atoms with Gasteiger partial charge >= 0.3 is 5.97 Å². The van der Waals surface area contributed by atoms with Gasteiger partial charge in [0.25, 0.3) is 5.89 Å². The van der Waals surface area contributed by atoms with Crippen molar-refractivity contribution in [2.45, 2.75) is 126 Å². The summed E-state index contributed by atoms with van der Waals surface area (Å²) in [5.41, 5.74) is 6.54. The molecule has 0 amide bonds. The lowest BCUT2D eigenvalue weighted by Crippen LogP contribution is -2.35. The summed E-state index contributed by atoms with van der Waals surface area (Å²) in [6.45, 7) is 24.3. The van der Waals surface area contributed by atoms with Gasteiger partial charge in [0.2, 0.25) is 5.82 Å². The summed E-state index contributed by atoms with van der Waals surface area (Å²) in [6.07, 6.45) is 9.50. The minimum Gasteiger partial charge on any atom is -0.494 e. The summed E-state index contributed by atoms with van der Waals surface area (Å²) in [5.74, 6) is 0.891. The summed E-state index contributed by atoms with van der Waals surface area (Å²) in [4.78, 5) is 26.0. The quantitative estimate of drug-likeness (QED) is 0.0746. The molecule has 0 aliphatic rings. The van der Waals surface area contributed by atoms with E-state index in [1.807, 2.05) is 86.6 Å². The molecule has 0 spiro atoms. The van der Waals surface area contributed by atoms with Gasteiger partial charge in [-0.05, 0) is 80.0 Å². The number of hydrogen-bond donors (Lipinski definition) is 2. The van der Waals surface area contributed by atoms with Gasteiger partial charge in [-0.2, -0.15) is 4.98 Å². The van der Waals surface area contributed by atoms with Gasteiger partial charge < -0.3 is 19.7 Å². The summed E-state index contributed by atoms with van der Waals surface area (Å²) >= 11 is 0. The fourth-order valence-corrected chi connectivity index (χ4v) is 4.88. The van der Waals surface area contributed by atoms with Crippen LogP contribution in [-0.2, 0) is 16.6 Å². The highest BCUT2D eigenvalue weighted by Gasteiger charge is 2.16. The molecule has 8 heteroatoms. The molecule has 0 saturated heterocycles. The van der Waals surface area contributed by atoms with Crippen LogP contribution in [0.5, 0.6) is 5.75 Å². The molecule has 0 aliphatic heterocycles. The minimum absolute atomic E-state index is 0.168. The lowest BCUT2D eigenvalue weighted by Gasteiger charge is -2.18. The maximum Gasteiger partial charge on any atom is 0.321 e. The number of carboxylic acids is 1. The molecule has 1 aromatic heterocycles. The van der Waals surface area contributed by atoms with Crippen LogP contribution >= 0.6 is 0 Å². The van der Waals surface area contributed by atoms with Gasteiger partial charge in [0.1, 0.15) is 18.1 Å². The van der Waals surface area contributed by atoms with E-state index in [0.29, 0.717) is 23.6 Å². The zero-order chi connectivity index (χ0) is 40.7. The number of aromatic nitrogens is 2. The second-order valence-electron chi connectivity index (χ2n) is 15.0. The Kier molecular flexibility index (Phi) is 21.7. The number of rotatable bonds is 14. The molecule has 3 aromatic carbocycles. The minimum atomic E-state index is -0.872. The van der Waals surface area contributed by atoms with E-state index in [0.717, 1.165) is 47.3 Å². The molecular weight excluding hydrogens is 675 g/mol. The predicted octanol–water partition coefficient (Wildman–Crippen LogP) is 11.8. The van der Waals surface area contributed by atoms with Crippen molar-refractivity contribution in [3.63, 3.8) is 0 Å². The van der Waals surface area contributed by atoms with E-state index in [1.54, 1.807) is 7.05 Å². The Hall–Kier alpha value is -4.56. The zero-order valence-corrected chi connectivity index (χ0v) is 35.1. The van der Waals surface area contributed by atoms with E-state index in [-0.39, 0.29) is 5.41 Å². The van der Waals surface area contributed by atoms with E-state index in [2.05, 4.69) is 83.8 Å². The van der Waals surface area contributed by atoms with Crippen LogP contribution in [0.3, 0.4) is 0 Å². The zero-order valence-electron chi connectivity index (χ0n) is 35.1. The Morgan fingerprint density at radius 1 is 0.870 bits per heavy atom. The molecule has 0 saturated carbocycles. The van der Waals surface area contributed by atoms with Gasteiger partial charge in [0.05, 0.1) is 6.61 Å². The van der Waals surface area contributed by atoms with Gasteiger partial charge in [-0.15, -0.1) is 0 Å². The molecule has 1 heterocycles. The molecule has 0 fully saturated rings. The fraction of sp³-hybridized carbons (Fsp3) is 0.478. The third-order valence-corrected chi connectivity index (χ3v) is 8.87. The lowest BCUT2D eigenvalue weighted by atomic mass is 9.87. The third kappa shape index (κ3) is 17.5. The molecule has 4 aromatic rings. The number of nitrogens with zero attached hydrogens (tertiary/aromatic N) is 2. The largest absolute Gasteiger partial charge is 0.494 e. The Labute approximate surface area is 325 Å². The van der Waals surface area contributed by atoms with Gasteiger partial charge in [-0.1, -0.05) is 153 Å². The van der Waals surface area contributed by atoms with Gasteiger partial charge in [0, 0.05) is 16.7 Å². The normalized spacial score (nSPS) is 11.8. The lowest BCUT2D eigenvalue weighted by molar-refractivity contribution is -0.139. The van der Waals surface area contributed by atoms with Crippen molar-refractivity contribution >= 4 is 12.3 Å². The number of aldehydes is 1. The van der Waals surface area contributed by atoms with Crippen molar-refractivity contribution < 1.29 is 24.0 Å². The highest BCUT2D eigenvalue weighted by Crippen LogP contribution is 2.26. The van der Waals surface area contributed by atoms with Crippen LogP contribution in [0.1, 0.15) is 130 Å². The smallest absolute Gasteiger partial charge is 0.321 e. The number of aliphatic carboxylic acids is 1. The van der Waals surface area contributed by atoms with Crippen molar-refractivity contribution in [2.24, 2.45) is 5.41 Å². The third-order valence-electron chi connectivity index (χ3n) is 8.87. The van der Waals surface area contributed by atoms with E-state index in [9.17, 15) is 14.7 Å². The Bertz CT molecular complexity index is 1640. The van der Waals surface area contributed by atoms with Crippen molar-refractivity contribution in [3.05, 3.63) is 101 Å². The average Bonchev–Trinajstić information content (AvgIpc) is 3.66. The molecule has 0 radical (unpaired) electrons. The predicted molar refractivity (Wildman–Crippen MR) is 224 cm³/mol. The van der Waals surface area contributed by atoms with Gasteiger partial charge in [-0.3, -0.25) is 9.59 Å². The number of allylic oxidation sites excluding steroid dienone is 2. The topological polar surface area (TPSA) is 115 Å². The average molecular weight is 742 g/mol. The van der Waals surface area contributed by atoms with Crippen molar-refractivity contribution in [3.8, 4) is 28.6 Å². The number of carbonyl (C=O) groups is 2. The first-order chi connectivity index (χ1) is 25.6. The van der Waals surface area contributed by atoms with Crippen LogP contribution in [0.4, 0.5) is 0 Å². The van der Waals surface area contributed by atoms with Crippen molar-refractivity contribution in [2.75, 3.05) is 13.7 Å². The molecule has 296 valence electrons. The van der Waals surface area contributed by atoms with Crippen molar-refractivity contribution in [1.82, 2.24) is 15.5 Å². The first kappa shape index (κ1) is 47.5. The highest BCUT2D eigenvalue weighted by atomic mass is 16.5. The summed E-state index contributed by atoms with van der Waals surface area (Å²) in [5, 5.41) is 16.1. The monoisotopic (exact) mass is 742 g/mol. The first-order valence-electron chi connectivity index (χ1n) is 19.4. The number of ether oxygens (including phenoxy) is 1. The number of nitrogens with one attached hydrogen (secondary N) is 1. The highest BCUT2D eigenvalue weighted by molar-refractivity contribution is 5.75. The Morgan fingerprint density at radius 3 is 1.91 bits per heavy atom. The Balaban J connectivity index is 0.000000541. The maximum atomic E-state index is 11.2. The number of carbonyl (C=O) groups excluding carboxylic acids is 1. The molecule has 0 bridgehead atoms. The standard InChI is InChI=1S/C25H31N3O4.C11H14O.C8H16.C2H6/c1-3-4-5-6-7-16-31-21-14-12-20(13-15-21)24-27-23(28-32-24)19-10-8-18(9-11-19)17-22(26-2)25(29)30;1-11(2,3)10-6-4-9(8-12)5-7-10;1-6-7(2)8(3,4)5;1-2/h8-15,22,26H,3-7,16-17H2,1-2H3,(H,29,30);4-8H,1-3H3;6H,1-5H3;1-2H3/b;;7-6+;. The second kappa shape index (κ2) is 24.7. The molecule has 1 unspecified atom stereocenters. The summed E-state index contributed by atoms with van der Waals surface area (Å²) in [7, 11) is 1.64. The van der Waals surface area contributed by atoms with Crippen LogP contribution in [-0.4, -0.2) is 47.2 Å². The van der Waals surface area contributed by atoms with Gasteiger partial charge in [-0.25, -0.2) is 0 Å². The van der Waals surface area contributed by atoms with Crippen LogP contribution < -0.4 is 10.1 Å². The van der Waals surface area contributed by atoms with Crippen molar-refractivity contribution in [1.29, 1.82) is 0 Å². The van der Waals surface area contributed by atoms with E-state index in [4.69, 9.17) is 9.26 Å². The number of carboxylic acid groups (broad SMARTS) is 1. The van der Waals surface area contributed by atoms with E-state index in [1.165, 1.54) is 36.8 Å². The van der Waals surface area contributed by atoms with E-state index >= 15 is 0 Å². The van der Waals surface area contributed by atoms with Gasteiger partial charge in [0.15, 0.2) is 0 Å². The molecule has 0 aliphatic carbocycles. The number of likely N-dealkylation sites (N-methyl/N-ethyl adjacent to an activating group) is 1. The number of unbranched alkanes of at least 4 members (excludes halogenated alkanes) is 4. The van der Waals surface area contributed by atoms with Crippen LogP contribution in [0.2, 0.25) is 0 Å². The summed E-state index contributed by atoms with van der Waals surface area (Å²) in [6, 6.07) is 22.3. The molecule has 2 N–H and O–H groups in total. The first-order valence-corrected chi connectivity index (χ1v) is 19.4. The molecule has 1 atom stereocenters. The molecule has 54 heavy (non-hydrogen) atoms. The Morgan fingerprint density at radius 2 is 1.44 bits per heavy atom. The maximum absolute atomic E-state index is 11.2. The molecular formula is C46H67N3O5. The van der Waals surface area contributed by atoms with E-state index < -0.39 is 12.0 Å². The van der Waals surface area contributed by atoms with Crippen LogP contribution in [0.25, 0.3) is 22.8 Å². The number of benzene rings is 3.